The van der Waals surface area contributed by atoms with E-state index in [1.165, 1.54) is 26.1 Å². The first-order valence-corrected chi connectivity index (χ1v) is 8.50. The number of carbonyl (C=O) groups excluding carboxylic acids is 1. The van der Waals surface area contributed by atoms with E-state index in [1.807, 2.05) is 0 Å². The first kappa shape index (κ1) is 19.7. The molecule has 136 valence electrons. The molecule has 1 amide bonds. The number of amidine groups is 1. The fourth-order valence-electron chi connectivity index (χ4n) is 1.89. The minimum absolute atomic E-state index is 0.0244. The van der Waals surface area contributed by atoms with Crippen LogP contribution in [0.15, 0.2) is 45.7 Å². The van der Waals surface area contributed by atoms with Crippen LogP contribution in [0.1, 0.15) is 13.8 Å². The number of nitrogens with one attached hydrogen (secondary N) is 2. The summed E-state index contributed by atoms with van der Waals surface area (Å²) in [5.74, 6) is 0.410. The third-order valence-corrected chi connectivity index (χ3v) is 3.74. The van der Waals surface area contributed by atoms with E-state index in [-0.39, 0.29) is 29.3 Å². The van der Waals surface area contributed by atoms with Crippen molar-refractivity contribution in [2.24, 2.45) is 10.7 Å². The molecule has 0 saturated heterocycles. The van der Waals surface area contributed by atoms with Crippen LogP contribution < -0.4 is 16.4 Å². The maximum atomic E-state index is 11.2. The van der Waals surface area contributed by atoms with Crippen LogP contribution in [0.4, 0.5) is 23.1 Å². The molecule has 0 radical (unpaired) electrons. The van der Waals surface area contributed by atoms with Crippen molar-refractivity contribution < 1.29 is 9.90 Å². The predicted molar refractivity (Wildman–Crippen MR) is 106 cm³/mol. The molecule has 26 heavy (non-hydrogen) atoms. The van der Waals surface area contributed by atoms with Gasteiger partial charge in [-0.25, -0.2) is 9.98 Å². The van der Waals surface area contributed by atoms with E-state index in [2.05, 4.69) is 41.5 Å². The largest absolute Gasteiger partial charge is 0.512 e. The Morgan fingerprint density at radius 1 is 1.42 bits per heavy atom. The van der Waals surface area contributed by atoms with E-state index in [0.717, 1.165) is 0 Å². The monoisotopic (exact) mass is 438 g/mol. The molecule has 1 aromatic carbocycles. The Morgan fingerprint density at radius 3 is 2.81 bits per heavy atom. The number of amides is 1. The van der Waals surface area contributed by atoms with Crippen molar-refractivity contribution in [1.82, 2.24) is 9.97 Å². The molecule has 0 fully saturated rings. The van der Waals surface area contributed by atoms with E-state index in [0.29, 0.717) is 20.9 Å². The van der Waals surface area contributed by atoms with Gasteiger partial charge in [-0.1, -0.05) is 11.6 Å². The number of allylic oxidation sites excluding steroid dienone is 1. The molecular formula is C16H16BrClN6O2. The lowest BCUT2D eigenvalue weighted by Crippen LogP contribution is -2.08. The molecule has 0 aliphatic heterocycles. The second kappa shape index (κ2) is 8.63. The number of hydrogen-bond donors (Lipinski definition) is 4. The van der Waals surface area contributed by atoms with E-state index >= 15 is 0 Å². The fourth-order valence-corrected chi connectivity index (χ4v) is 2.33. The molecule has 5 N–H and O–H groups in total. The number of aliphatic imine (C=N–C) groups is 1. The molecular weight excluding hydrogens is 424 g/mol. The van der Waals surface area contributed by atoms with Gasteiger partial charge in [0.25, 0.3) is 0 Å². The highest BCUT2D eigenvalue weighted by Crippen LogP contribution is 2.29. The van der Waals surface area contributed by atoms with Crippen molar-refractivity contribution in [3.05, 3.63) is 45.7 Å². The van der Waals surface area contributed by atoms with Crippen LogP contribution in [-0.4, -0.2) is 26.8 Å². The maximum Gasteiger partial charge on any atom is 0.229 e. The SMILES string of the molecule is CC(=O)Nc1ccc(Cl)c(Nc2ncc(Br)c(N=C(N)/C=C(/C)O)n2)c1. The van der Waals surface area contributed by atoms with Crippen LogP contribution in [0.3, 0.4) is 0 Å². The lowest BCUT2D eigenvalue weighted by atomic mass is 10.2. The van der Waals surface area contributed by atoms with Crippen LogP contribution in [0.5, 0.6) is 0 Å². The first-order chi connectivity index (χ1) is 12.2. The Labute approximate surface area is 163 Å². The number of carbonyl (C=O) groups is 1. The fraction of sp³-hybridized carbons (Fsp3) is 0.125. The highest BCUT2D eigenvalue weighted by Gasteiger charge is 2.09. The van der Waals surface area contributed by atoms with E-state index in [9.17, 15) is 9.90 Å². The molecule has 0 saturated carbocycles. The maximum absolute atomic E-state index is 11.2. The Bertz CT molecular complexity index is 896. The summed E-state index contributed by atoms with van der Waals surface area (Å²) in [5.41, 5.74) is 6.80. The standard InChI is InChI=1S/C16H16BrClN6O2/c1-8(25)5-14(19)23-15-11(17)7-20-16(24-15)22-13-6-10(21-9(2)26)3-4-12(13)18/h3-7,25H,1-2H3,(H,21,26)(H3,19,20,22,23,24)/b8-5-. The van der Waals surface area contributed by atoms with Gasteiger partial charge in [-0.15, -0.1) is 0 Å². The van der Waals surface area contributed by atoms with Crippen LogP contribution in [0.2, 0.25) is 5.02 Å². The molecule has 0 unspecified atom stereocenters. The van der Waals surface area contributed by atoms with Crippen LogP contribution in [0.25, 0.3) is 0 Å². The van der Waals surface area contributed by atoms with Crippen molar-refractivity contribution >= 4 is 62.4 Å². The van der Waals surface area contributed by atoms with Gasteiger partial charge in [0.05, 0.1) is 20.9 Å². The third kappa shape index (κ3) is 5.71. The first-order valence-electron chi connectivity index (χ1n) is 7.32. The van der Waals surface area contributed by atoms with Crippen molar-refractivity contribution in [1.29, 1.82) is 0 Å². The summed E-state index contributed by atoms with van der Waals surface area (Å²) < 4.78 is 0.521. The van der Waals surface area contributed by atoms with Gasteiger partial charge in [-0.3, -0.25) is 4.79 Å². The van der Waals surface area contributed by atoms with E-state index in [1.54, 1.807) is 18.2 Å². The number of aliphatic hydroxyl groups excluding tert-OH is 1. The summed E-state index contributed by atoms with van der Waals surface area (Å²) in [7, 11) is 0. The van der Waals surface area contributed by atoms with Gasteiger partial charge < -0.3 is 21.5 Å². The molecule has 0 bridgehead atoms. The van der Waals surface area contributed by atoms with Crippen molar-refractivity contribution in [3.63, 3.8) is 0 Å². The summed E-state index contributed by atoms with van der Waals surface area (Å²) in [4.78, 5) is 23.7. The van der Waals surface area contributed by atoms with Crippen LogP contribution in [-0.2, 0) is 4.79 Å². The Morgan fingerprint density at radius 2 is 2.15 bits per heavy atom. The van der Waals surface area contributed by atoms with Crippen molar-refractivity contribution in [3.8, 4) is 0 Å². The molecule has 1 aromatic heterocycles. The quantitative estimate of drug-likeness (QED) is 0.316. The Kier molecular flexibility index (Phi) is 6.53. The molecule has 0 atom stereocenters. The molecule has 0 aliphatic carbocycles. The number of benzene rings is 1. The molecule has 0 aliphatic rings. The minimum Gasteiger partial charge on any atom is -0.512 e. The van der Waals surface area contributed by atoms with E-state index < -0.39 is 0 Å². The average molecular weight is 440 g/mol. The predicted octanol–water partition coefficient (Wildman–Crippen LogP) is 4.05. The lowest BCUT2D eigenvalue weighted by Gasteiger charge is -2.10. The summed E-state index contributed by atoms with van der Waals surface area (Å²) in [6, 6.07) is 4.97. The number of rotatable bonds is 5. The zero-order valence-corrected chi connectivity index (χ0v) is 16.3. The number of aromatic nitrogens is 2. The van der Waals surface area contributed by atoms with Crippen molar-refractivity contribution in [2.75, 3.05) is 10.6 Å². The molecule has 10 heteroatoms. The summed E-state index contributed by atoms with van der Waals surface area (Å²) in [6.07, 6.45) is 2.80. The third-order valence-electron chi connectivity index (χ3n) is 2.85. The summed E-state index contributed by atoms with van der Waals surface area (Å²) in [5, 5.41) is 15.3. The normalized spacial score (nSPS) is 12.0. The summed E-state index contributed by atoms with van der Waals surface area (Å²) in [6.45, 7) is 2.89. The lowest BCUT2D eigenvalue weighted by molar-refractivity contribution is -0.114. The number of anilines is 3. The molecule has 2 aromatic rings. The average Bonchev–Trinajstić information content (AvgIpc) is 2.52. The highest BCUT2D eigenvalue weighted by atomic mass is 79.9. The number of halogens is 2. The van der Waals surface area contributed by atoms with Gasteiger partial charge in [0.2, 0.25) is 11.9 Å². The number of aliphatic hydroxyl groups is 1. The molecule has 2 rings (SSSR count). The molecule has 1 heterocycles. The van der Waals surface area contributed by atoms with Gasteiger partial charge in [0.1, 0.15) is 5.84 Å². The Balaban J connectivity index is 2.32. The van der Waals surface area contributed by atoms with Crippen LogP contribution in [0, 0.1) is 0 Å². The van der Waals surface area contributed by atoms with Gasteiger partial charge >= 0.3 is 0 Å². The second-order valence-electron chi connectivity index (χ2n) is 5.19. The minimum atomic E-state index is -0.197. The van der Waals surface area contributed by atoms with Gasteiger partial charge in [0, 0.05) is 24.9 Å². The topological polar surface area (TPSA) is 126 Å². The Hall–Kier alpha value is -2.65. The van der Waals surface area contributed by atoms with E-state index in [4.69, 9.17) is 17.3 Å². The van der Waals surface area contributed by atoms with Crippen LogP contribution >= 0.6 is 27.5 Å². The summed E-state index contributed by atoms with van der Waals surface area (Å²) >= 11 is 9.46. The zero-order valence-electron chi connectivity index (χ0n) is 13.9. The molecule has 0 spiro atoms. The van der Waals surface area contributed by atoms with Crippen molar-refractivity contribution in [2.45, 2.75) is 13.8 Å². The number of nitrogens with zero attached hydrogens (tertiary/aromatic N) is 3. The van der Waals surface area contributed by atoms with Gasteiger partial charge in [-0.05, 0) is 41.1 Å². The second-order valence-corrected chi connectivity index (χ2v) is 6.45. The number of nitrogens with two attached hydrogens (primary N) is 1. The number of hydrogen-bond acceptors (Lipinski definition) is 6. The smallest absolute Gasteiger partial charge is 0.229 e. The van der Waals surface area contributed by atoms with Gasteiger partial charge in [0.15, 0.2) is 5.82 Å². The zero-order chi connectivity index (χ0) is 19.3. The van der Waals surface area contributed by atoms with Gasteiger partial charge in [-0.2, -0.15) is 4.98 Å². The molecule has 8 nitrogen and oxygen atoms in total. The highest BCUT2D eigenvalue weighted by molar-refractivity contribution is 9.10.